The summed E-state index contributed by atoms with van der Waals surface area (Å²) in [7, 11) is -1.28. The zero-order valence-corrected chi connectivity index (χ0v) is 7.87. The molecule has 2 nitrogen and oxygen atoms in total. The van der Waals surface area contributed by atoms with Gasteiger partial charge in [-0.1, -0.05) is 44.7 Å². The summed E-state index contributed by atoms with van der Waals surface area (Å²) in [6.45, 7) is 2.20. The highest BCUT2D eigenvalue weighted by atomic mass is 16.4. The predicted molar refractivity (Wildman–Crippen MR) is 52.7 cm³/mol. The summed E-state index contributed by atoms with van der Waals surface area (Å²) in [5.74, 6) is 1.42. The van der Waals surface area contributed by atoms with Gasteiger partial charge in [0.2, 0.25) is 0 Å². The lowest BCUT2D eigenvalue weighted by Crippen LogP contribution is -2.05. The minimum Gasteiger partial charge on any atom is -0.424 e. The molecule has 0 unspecified atom stereocenters. The van der Waals surface area contributed by atoms with Gasteiger partial charge in [0.05, 0.1) is 0 Å². The second kappa shape index (κ2) is 8.82. The van der Waals surface area contributed by atoms with E-state index in [2.05, 4.69) is 6.92 Å². The van der Waals surface area contributed by atoms with Gasteiger partial charge >= 0.3 is 7.12 Å². The van der Waals surface area contributed by atoms with Crippen LogP contribution in [0.4, 0.5) is 0 Å². The maximum atomic E-state index is 8.46. The first kappa shape index (κ1) is 11.7. The van der Waals surface area contributed by atoms with Crippen LogP contribution in [0.5, 0.6) is 0 Å². The Hall–Kier alpha value is -0.275. The molecule has 0 aromatic heterocycles. The Labute approximate surface area is 75.5 Å². The van der Waals surface area contributed by atoms with Crippen molar-refractivity contribution in [2.75, 3.05) is 0 Å². The van der Waals surface area contributed by atoms with E-state index in [0.29, 0.717) is 0 Å². The van der Waals surface area contributed by atoms with Crippen LogP contribution in [-0.2, 0) is 0 Å². The lowest BCUT2D eigenvalue weighted by molar-refractivity contribution is 0.424. The molecule has 0 radical (unpaired) electrons. The third-order valence-corrected chi connectivity index (χ3v) is 1.78. The van der Waals surface area contributed by atoms with Gasteiger partial charge in [0.15, 0.2) is 0 Å². The molecule has 0 saturated heterocycles. The predicted octanol–water partition coefficient (Wildman–Crippen LogP) is 1.92. The lowest BCUT2D eigenvalue weighted by Gasteiger charge is -1.95. The lowest BCUT2D eigenvalue weighted by atomic mass is 9.91. The molecular formula is C9H19BO2. The molecule has 0 atom stereocenters. The van der Waals surface area contributed by atoms with E-state index in [1.54, 1.807) is 0 Å². The highest BCUT2D eigenvalue weighted by Gasteiger charge is 1.96. The smallest absolute Gasteiger partial charge is 0.424 e. The topological polar surface area (TPSA) is 40.5 Å². The quantitative estimate of drug-likeness (QED) is 0.452. The Morgan fingerprint density at radius 3 is 2.33 bits per heavy atom. The van der Waals surface area contributed by atoms with Crippen LogP contribution in [0.2, 0.25) is 0 Å². The number of rotatable bonds is 7. The van der Waals surface area contributed by atoms with Crippen LogP contribution in [0.15, 0.2) is 12.1 Å². The Morgan fingerprint density at radius 1 is 1.08 bits per heavy atom. The number of hydrogen-bond donors (Lipinski definition) is 2. The average molecular weight is 170 g/mol. The van der Waals surface area contributed by atoms with Crippen LogP contribution in [0.3, 0.4) is 0 Å². The van der Waals surface area contributed by atoms with Crippen molar-refractivity contribution in [3.8, 4) is 0 Å². The van der Waals surface area contributed by atoms with Crippen LogP contribution in [-0.4, -0.2) is 17.2 Å². The number of allylic oxidation sites excluding steroid dienone is 1. The molecule has 0 aliphatic heterocycles. The van der Waals surface area contributed by atoms with Crippen molar-refractivity contribution < 1.29 is 10.0 Å². The molecule has 0 aromatic rings. The Kier molecular flexibility index (Phi) is 8.62. The third-order valence-electron chi connectivity index (χ3n) is 1.78. The van der Waals surface area contributed by atoms with Gasteiger partial charge in [0.25, 0.3) is 0 Å². The van der Waals surface area contributed by atoms with E-state index in [9.17, 15) is 0 Å². The first-order chi connectivity index (χ1) is 5.77. The van der Waals surface area contributed by atoms with Crippen molar-refractivity contribution in [2.45, 2.75) is 45.4 Å². The van der Waals surface area contributed by atoms with Gasteiger partial charge in [-0.3, -0.25) is 0 Å². The molecule has 3 heteroatoms. The van der Waals surface area contributed by atoms with Gasteiger partial charge in [-0.2, -0.15) is 0 Å². The van der Waals surface area contributed by atoms with Crippen LogP contribution >= 0.6 is 0 Å². The monoisotopic (exact) mass is 170 g/mol. The minimum absolute atomic E-state index is 0.960. The van der Waals surface area contributed by atoms with Crippen LogP contribution in [0.1, 0.15) is 45.4 Å². The molecule has 0 fully saturated rings. The van der Waals surface area contributed by atoms with Crippen molar-refractivity contribution in [1.82, 2.24) is 0 Å². The molecule has 70 valence electrons. The van der Waals surface area contributed by atoms with Crippen molar-refractivity contribution >= 4 is 7.12 Å². The molecule has 0 rings (SSSR count). The molecule has 0 aliphatic carbocycles. The average Bonchev–Trinajstić information content (AvgIpc) is 2.02. The van der Waals surface area contributed by atoms with Crippen LogP contribution in [0.25, 0.3) is 0 Å². The first-order valence-electron chi connectivity index (χ1n) is 4.80. The van der Waals surface area contributed by atoms with E-state index in [0.717, 1.165) is 12.8 Å². The standard InChI is InChI=1S/C9H19BO2/c1-2-3-4-5-6-7-8-9-10(11)12/h8-9,11-12H,2-7H2,1H3/b9-8+. The van der Waals surface area contributed by atoms with Crippen LogP contribution in [0, 0.1) is 0 Å². The molecule has 0 bridgehead atoms. The number of unbranched alkanes of at least 4 members (excludes halogenated alkanes) is 5. The van der Waals surface area contributed by atoms with E-state index >= 15 is 0 Å². The van der Waals surface area contributed by atoms with Gasteiger partial charge < -0.3 is 10.0 Å². The second-order valence-electron chi connectivity index (χ2n) is 3.04. The molecule has 0 amide bonds. The second-order valence-corrected chi connectivity index (χ2v) is 3.04. The normalized spacial score (nSPS) is 10.9. The van der Waals surface area contributed by atoms with Gasteiger partial charge in [0, 0.05) is 0 Å². The van der Waals surface area contributed by atoms with Gasteiger partial charge in [-0.15, -0.1) is 0 Å². The number of hydrogen-bond acceptors (Lipinski definition) is 2. The summed E-state index contributed by atoms with van der Waals surface area (Å²) in [6, 6.07) is 0. The molecule has 0 aromatic carbocycles. The van der Waals surface area contributed by atoms with E-state index in [-0.39, 0.29) is 0 Å². The van der Waals surface area contributed by atoms with Gasteiger partial charge in [0.1, 0.15) is 0 Å². The summed E-state index contributed by atoms with van der Waals surface area (Å²) in [4.78, 5) is 0. The van der Waals surface area contributed by atoms with Crippen molar-refractivity contribution in [3.05, 3.63) is 12.1 Å². The molecule has 0 spiro atoms. The zero-order chi connectivity index (χ0) is 9.23. The summed E-state index contributed by atoms with van der Waals surface area (Å²) in [5.41, 5.74) is 0. The molecule has 2 N–H and O–H groups in total. The highest BCUT2D eigenvalue weighted by Crippen LogP contribution is 2.05. The largest absolute Gasteiger partial charge is 0.480 e. The van der Waals surface area contributed by atoms with Crippen molar-refractivity contribution in [3.63, 3.8) is 0 Å². The van der Waals surface area contributed by atoms with Crippen molar-refractivity contribution in [2.24, 2.45) is 0 Å². The zero-order valence-electron chi connectivity index (χ0n) is 7.87. The SMILES string of the molecule is CCCCCCC/C=C/B(O)O. The Morgan fingerprint density at radius 2 is 1.75 bits per heavy atom. The molecule has 0 heterocycles. The van der Waals surface area contributed by atoms with Gasteiger partial charge in [-0.25, -0.2) is 0 Å². The van der Waals surface area contributed by atoms with Crippen LogP contribution < -0.4 is 0 Å². The van der Waals surface area contributed by atoms with E-state index < -0.39 is 7.12 Å². The highest BCUT2D eigenvalue weighted by molar-refractivity contribution is 6.47. The molecule has 0 aliphatic rings. The maximum absolute atomic E-state index is 8.46. The first-order valence-corrected chi connectivity index (χ1v) is 4.80. The fraction of sp³-hybridized carbons (Fsp3) is 0.778. The fourth-order valence-corrected chi connectivity index (χ4v) is 1.08. The summed E-state index contributed by atoms with van der Waals surface area (Å²) in [6.07, 6.45) is 9.07. The van der Waals surface area contributed by atoms with Gasteiger partial charge in [-0.05, 0) is 12.8 Å². The Balaban J connectivity index is 3.00. The molecular weight excluding hydrogens is 151 g/mol. The fourth-order valence-electron chi connectivity index (χ4n) is 1.08. The molecule has 0 saturated carbocycles. The Bertz CT molecular complexity index is 113. The summed E-state index contributed by atoms with van der Waals surface area (Å²) in [5, 5.41) is 16.9. The van der Waals surface area contributed by atoms with E-state index in [1.165, 1.54) is 31.7 Å². The summed E-state index contributed by atoms with van der Waals surface area (Å²) >= 11 is 0. The summed E-state index contributed by atoms with van der Waals surface area (Å²) < 4.78 is 0. The maximum Gasteiger partial charge on any atom is 0.480 e. The third kappa shape index (κ3) is 9.72. The van der Waals surface area contributed by atoms with Crippen molar-refractivity contribution in [1.29, 1.82) is 0 Å². The molecule has 12 heavy (non-hydrogen) atoms. The van der Waals surface area contributed by atoms with E-state index in [4.69, 9.17) is 10.0 Å². The minimum atomic E-state index is -1.28. The van der Waals surface area contributed by atoms with E-state index in [1.807, 2.05) is 6.08 Å².